The molecular formula is C11H7F6NO3. The van der Waals surface area contributed by atoms with Crippen LogP contribution in [-0.2, 0) is 0 Å². The predicted molar refractivity (Wildman–Crippen MR) is 58.2 cm³/mol. The Bertz CT molecular complexity index is 531. The van der Waals surface area contributed by atoms with Crippen LogP contribution in [0.3, 0.4) is 0 Å². The molecule has 4 nitrogen and oxygen atoms in total. The molecule has 0 bridgehead atoms. The molecule has 0 spiro atoms. The highest BCUT2D eigenvalue weighted by Crippen LogP contribution is 2.40. The highest BCUT2D eigenvalue weighted by molar-refractivity contribution is 5.35. The van der Waals surface area contributed by atoms with Crippen molar-refractivity contribution in [3.63, 3.8) is 0 Å². The van der Waals surface area contributed by atoms with Crippen LogP contribution in [0.1, 0.15) is 11.7 Å². The summed E-state index contributed by atoms with van der Waals surface area (Å²) in [6.45, 7) is 0. The fraction of sp³-hybridized carbons (Fsp3) is 0.273. The van der Waals surface area contributed by atoms with Crippen LogP contribution in [0.5, 0.6) is 0 Å². The molecule has 0 aliphatic heterocycles. The lowest BCUT2D eigenvalue weighted by Crippen LogP contribution is -2.26. The van der Waals surface area contributed by atoms with Gasteiger partial charge in [-0.3, -0.25) is 10.1 Å². The van der Waals surface area contributed by atoms with Crippen LogP contribution >= 0.6 is 0 Å². The van der Waals surface area contributed by atoms with Crippen molar-refractivity contribution in [2.45, 2.75) is 18.5 Å². The SMILES string of the molecule is O=[N+]([O-])c1ccc([C@@H](O)C=C(C(F)(F)F)C(F)(F)F)cc1. The average Bonchev–Trinajstić information content (AvgIpc) is 2.33. The van der Waals surface area contributed by atoms with Crippen molar-refractivity contribution >= 4 is 5.69 Å². The van der Waals surface area contributed by atoms with Crippen LogP contribution in [0.15, 0.2) is 35.9 Å². The molecule has 0 fully saturated rings. The summed E-state index contributed by atoms with van der Waals surface area (Å²) in [6, 6.07) is 3.44. The number of rotatable bonds is 3. The number of aliphatic hydroxyl groups excluding tert-OH is 1. The molecule has 0 radical (unpaired) electrons. The Morgan fingerprint density at radius 1 is 1.10 bits per heavy atom. The number of nitro groups is 1. The largest absolute Gasteiger partial charge is 0.421 e. The van der Waals surface area contributed by atoms with E-state index in [0.29, 0.717) is 0 Å². The number of alkyl halides is 6. The second kappa shape index (κ2) is 5.72. The molecule has 1 N–H and O–H groups in total. The zero-order valence-electron chi connectivity index (χ0n) is 9.94. The molecule has 1 aromatic carbocycles. The van der Waals surface area contributed by atoms with Gasteiger partial charge in [-0.05, 0) is 23.8 Å². The molecule has 1 rings (SSSR count). The number of nitro benzene ring substituents is 1. The van der Waals surface area contributed by atoms with E-state index in [2.05, 4.69) is 0 Å². The Labute approximate surface area is 113 Å². The summed E-state index contributed by atoms with van der Waals surface area (Å²) in [5, 5.41) is 19.8. The van der Waals surface area contributed by atoms with Crippen molar-refractivity contribution in [3.8, 4) is 0 Å². The first-order valence-electron chi connectivity index (χ1n) is 5.21. The van der Waals surface area contributed by atoms with Gasteiger partial charge >= 0.3 is 12.4 Å². The summed E-state index contributed by atoms with van der Waals surface area (Å²) in [5.74, 6) is 0. The number of halogens is 6. The number of hydrogen-bond acceptors (Lipinski definition) is 3. The van der Waals surface area contributed by atoms with E-state index in [1.165, 1.54) is 0 Å². The summed E-state index contributed by atoms with van der Waals surface area (Å²) in [5.41, 5.74) is -3.60. The Morgan fingerprint density at radius 3 is 1.86 bits per heavy atom. The van der Waals surface area contributed by atoms with Crippen molar-refractivity contribution in [2.24, 2.45) is 0 Å². The van der Waals surface area contributed by atoms with E-state index < -0.39 is 34.6 Å². The number of nitrogens with zero attached hydrogens (tertiary/aromatic N) is 1. The van der Waals surface area contributed by atoms with Crippen LogP contribution < -0.4 is 0 Å². The molecular weight excluding hydrogens is 308 g/mol. The lowest BCUT2D eigenvalue weighted by Gasteiger charge is -2.16. The van der Waals surface area contributed by atoms with E-state index in [0.717, 1.165) is 24.3 Å². The third kappa shape index (κ3) is 4.45. The maximum atomic E-state index is 12.3. The van der Waals surface area contributed by atoms with Crippen molar-refractivity contribution in [1.29, 1.82) is 0 Å². The molecule has 0 heterocycles. The topological polar surface area (TPSA) is 63.4 Å². The zero-order valence-corrected chi connectivity index (χ0v) is 9.94. The van der Waals surface area contributed by atoms with Gasteiger partial charge in [-0.15, -0.1) is 0 Å². The first kappa shape index (κ1) is 17.0. The second-order valence-corrected chi connectivity index (χ2v) is 3.87. The lowest BCUT2D eigenvalue weighted by molar-refractivity contribution is -0.384. The molecule has 0 unspecified atom stereocenters. The van der Waals surface area contributed by atoms with Crippen LogP contribution in [0.25, 0.3) is 0 Å². The van der Waals surface area contributed by atoms with Crippen molar-refractivity contribution in [3.05, 3.63) is 51.6 Å². The minimum atomic E-state index is -5.68. The van der Waals surface area contributed by atoms with Crippen LogP contribution in [0, 0.1) is 10.1 Å². The molecule has 1 aromatic rings. The van der Waals surface area contributed by atoms with Gasteiger partial charge in [-0.1, -0.05) is 0 Å². The smallest absolute Gasteiger partial charge is 0.384 e. The van der Waals surface area contributed by atoms with Gasteiger partial charge in [-0.2, -0.15) is 26.3 Å². The monoisotopic (exact) mass is 315 g/mol. The number of aliphatic hydroxyl groups is 1. The van der Waals surface area contributed by atoms with Crippen molar-refractivity contribution < 1.29 is 36.4 Å². The summed E-state index contributed by atoms with van der Waals surface area (Å²) < 4.78 is 73.6. The van der Waals surface area contributed by atoms with Gasteiger partial charge in [0.25, 0.3) is 5.69 Å². The number of benzene rings is 1. The summed E-state index contributed by atoms with van der Waals surface area (Å²) in [4.78, 5) is 9.55. The van der Waals surface area contributed by atoms with Gasteiger partial charge in [0.15, 0.2) is 0 Å². The molecule has 21 heavy (non-hydrogen) atoms. The average molecular weight is 315 g/mol. The van der Waals surface area contributed by atoms with Gasteiger partial charge in [0.2, 0.25) is 0 Å². The zero-order chi connectivity index (χ0) is 16.4. The summed E-state index contributed by atoms with van der Waals surface area (Å²) in [7, 11) is 0. The maximum Gasteiger partial charge on any atom is 0.421 e. The third-order valence-electron chi connectivity index (χ3n) is 2.38. The number of hydrogen-bond donors (Lipinski definition) is 1. The van der Waals surface area contributed by atoms with Gasteiger partial charge in [0.1, 0.15) is 5.57 Å². The highest BCUT2D eigenvalue weighted by atomic mass is 19.4. The summed E-state index contributed by atoms with van der Waals surface area (Å²) >= 11 is 0. The van der Waals surface area contributed by atoms with Crippen LogP contribution in [0.2, 0.25) is 0 Å². The lowest BCUT2D eigenvalue weighted by atomic mass is 10.1. The molecule has 0 amide bonds. The van der Waals surface area contributed by atoms with E-state index >= 15 is 0 Å². The number of non-ortho nitro benzene ring substituents is 1. The Hall–Kier alpha value is -2.10. The third-order valence-corrected chi connectivity index (χ3v) is 2.38. The van der Waals surface area contributed by atoms with Gasteiger partial charge in [-0.25, -0.2) is 0 Å². The normalized spacial score (nSPS) is 13.7. The molecule has 116 valence electrons. The second-order valence-electron chi connectivity index (χ2n) is 3.87. The van der Waals surface area contributed by atoms with Crippen molar-refractivity contribution in [1.82, 2.24) is 0 Å². The first-order valence-corrected chi connectivity index (χ1v) is 5.21. The molecule has 0 saturated heterocycles. The van der Waals surface area contributed by atoms with E-state index in [1.54, 1.807) is 0 Å². The fourth-order valence-corrected chi connectivity index (χ4v) is 1.40. The molecule has 0 aliphatic rings. The number of allylic oxidation sites excluding steroid dienone is 1. The Balaban J connectivity index is 3.14. The molecule has 0 aliphatic carbocycles. The quantitative estimate of drug-likeness (QED) is 0.400. The standard InChI is InChI=1S/C11H7F6NO3/c12-10(13,14)9(11(15,16)17)5-8(19)6-1-3-7(4-2-6)18(20)21/h1-5,8,19H/t8-/m0/s1. The van der Waals surface area contributed by atoms with Gasteiger partial charge < -0.3 is 5.11 Å². The molecule has 10 heteroatoms. The summed E-state index contributed by atoms with van der Waals surface area (Å²) in [6.07, 6.45) is -14.0. The van der Waals surface area contributed by atoms with E-state index in [4.69, 9.17) is 0 Å². The van der Waals surface area contributed by atoms with Crippen LogP contribution in [-0.4, -0.2) is 22.4 Å². The Morgan fingerprint density at radius 2 is 1.52 bits per heavy atom. The van der Waals surface area contributed by atoms with E-state index in [-0.39, 0.29) is 11.6 Å². The molecule has 0 aromatic heterocycles. The van der Waals surface area contributed by atoms with Gasteiger partial charge in [0.05, 0.1) is 11.0 Å². The maximum absolute atomic E-state index is 12.3. The molecule has 1 atom stereocenters. The fourth-order valence-electron chi connectivity index (χ4n) is 1.40. The Kier molecular flexibility index (Phi) is 4.62. The van der Waals surface area contributed by atoms with E-state index in [1.807, 2.05) is 0 Å². The highest BCUT2D eigenvalue weighted by Gasteiger charge is 2.51. The predicted octanol–water partition coefficient (Wildman–Crippen LogP) is 3.68. The van der Waals surface area contributed by atoms with E-state index in [9.17, 15) is 41.6 Å². The van der Waals surface area contributed by atoms with Crippen molar-refractivity contribution in [2.75, 3.05) is 0 Å². The molecule has 0 saturated carbocycles. The first-order chi connectivity index (χ1) is 9.43. The van der Waals surface area contributed by atoms with Gasteiger partial charge in [0, 0.05) is 12.1 Å². The minimum absolute atomic E-state index is 0.341. The van der Waals surface area contributed by atoms with Crippen LogP contribution in [0.4, 0.5) is 32.0 Å². The minimum Gasteiger partial charge on any atom is -0.384 e.